The summed E-state index contributed by atoms with van der Waals surface area (Å²) in [5.74, 6) is -1.18. The number of nitrogens with zero attached hydrogens (tertiary/aromatic N) is 1. The number of nitrogens with two attached hydrogens (primary N) is 1. The number of likely N-dealkylation sites (N-methyl/N-ethyl adjacent to an activating group) is 1. The molecule has 1 aliphatic rings. The normalized spacial score (nSPS) is 19.7. The number of nitrogen functional groups attached to an aromatic ring is 1. The molecule has 1 aromatic carbocycles. The number of rotatable bonds is 3. The van der Waals surface area contributed by atoms with Gasteiger partial charge in [0.05, 0.1) is 10.7 Å². The number of anilines is 1. The molecule has 9 heteroatoms. The lowest BCUT2D eigenvalue weighted by molar-refractivity contribution is -0.123. The van der Waals surface area contributed by atoms with E-state index in [0.717, 1.165) is 16.4 Å². The molecule has 0 bridgehead atoms. The van der Waals surface area contributed by atoms with Crippen LogP contribution >= 0.6 is 11.6 Å². The molecular formula is C12H15ClFN3O3S. The van der Waals surface area contributed by atoms with Crippen molar-refractivity contribution in [3.05, 3.63) is 23.0 Å². The van der Waals surface area contributed by atoms with Crippen LogP contribution in [0.5, 0.6) is 0 Å². The standard InChI is InChI=1S/C12H15ClFN3O3S/c1-16-12(18)10-3-2-4-17(10)21(19,20)11-6-9(15)8(14)5-7(11)13/h5-6,10H,2-4,15H2,1H3,(H,16,18). The molecule has 1 heterocycles. The van der Waals surface area contributed by atoms with Crippen LogP contribution in [0.3, 0.4) is 0 Å². The van der Waals surface area contributed by atoms with E-state index in [-0.39, 0.29) is 28.1 Å². The van der Waals surface area contributed by atoms with Gasteiger partial charge < -0.3 is 11.1 Å². The maximum atomic E-state index is 13.3. The second kappa shape index (κ2) is 5.78. The zero-order chi connectivity index (χ0) is 15.8. The molecule has 1 amide bonds. The summed E-state index contributed by atoms with van der Waals surface area (Å²) in [6.07, 6.45) is 0.985. The van der Waals surface area contributed by atoms with Gasteiger partial charge in [0.1, 0.15) is 16.8 Å². The SMILES string of the molecule is CNC(=O)C1CCCN1S(=O)(=O)c1cc(N)c(F)cc1Cl. The highest BCUT2D eigenvalue weighted by molar-refractivity contribution is 7.89. The monoisotopic (exact) mass is 335 g/mol. The van der Waals surface area contributed by atoms with Crippen molar-refractivity contribution < 1.29 is 17.6 Å². The van der Waals surface area contributed by atoms with E-state index in [9.17, 15) is 17.6 Å². The Labute approximate surface area is 127 Å². The molecular weight excluding hydrogens is 321 g/mol. The third-order valence-electron chi connectivity index (χ3n) is 3.39. The number of nitrogens with one attached hydrogen (secondary N) is 1. The van der Waals surface area contributed by atoms with Crippen LogP contribution in [0.25, 0.3) is 0 Å². The minimum absolute atomic E-state index is 0.202. The summed E-state index contributed by atoms with van der Waals surface area (Å²) in [5, 5.41) is 2.17. The highest BCUT2D eigenvalue weighted by Crippen LogP contribution is 2.32. The van der Waals surface area contributed by atoms with E-state index in [4.69, 9.17) is 17.3 Å². The lowest BCUT2D eigenvalue weighted by Gasteiger charge is -2.23. The van der Waals surface area contributed by atoms with E-state index in [1.807, 2.05) is 0 Å². The van der Waals surface area contributed by atoms with Crippen molar-refractivity contribution in [2.45, 2.75) is 23.8 Å². The molecule has 0 radical (unpaired) electrons. The number of carbonyl (C=O) groups excluding carboxylic acids is 1. The van der Waals surface area contributed by atoms with Crippen LogP contribution in [-0.2, 0) is 14.8 Å². The van der Waals surface area contributed by atoms with Gasteiger partial charge in [-0.15, -0.1) is 0 Å². The summed E-state index contributed by atoms with van der Waals surface area (Å²) in [6, 6.07) is 1.04. The first kappa shape index (κ1) is 16.0. The molecule has 1 unspecified atom stereocenters. The molecule has 6 nitrogen and oxygen atoms in total. The fraction of sp³-hybridized carbons (Fsp3) is 0.417. The van der Waals surface area contributed by atoms with E-state index in [2.05, 4.69) is 5.32 Å². The summed E-state index contributed by atoms with van der Waals surface area (Å²) in [5.41, 5.74) is 5.10. The zero-order valence-electron chi connectivity index (χ0n) is 11.3. The number of hydrogen-bond donors (Lipinski definition) is 2. The molecule has 3 N–H and O–H groups in total. The van der Waals surface area contributed by atoms with Gasteiger partial charge in [0.2, 0.25) is 15.9 Å². The highest BCUT2D eigenvalue weighted by atomic mass is 35.5. The average Bonchev–Trinajstić information content (AvgIpc) is 2.91. The van der Waals surface area contributed by atoms with Crippen LogP contribution in [-0.4, -0.2) is 38.3 Å². The van der Waals surface area contributed by atoms with Crippen LogP contribution in [0.4, 0.5) is 10.1 Å². The van der Waals surface area contributed by atoms with Crippen molar-refractivity contribution in [3.63, 3.8) is 0 Å². The van der Waals surface area contributed by atoms with Gasteiger partial charge in [-0.1, -0.05) is 11.6 Å². The molecule has 116 valence electrons. The summed E-state index contributed by atoms with van der Waals surface area (Å²) < 4.78 is 39.6. The van der Waals surface area contributed by atoms with Crippen molar-refractivity contribution >= 4 is 33.2 Å². The fourth-order valence-electron chi connectivity index (χ4n) is 2.33. The van der Waals surface area contributed by atoms with E-state index < -0.39 is 21.9 Å². The predicted molar refractivity (Wildman–Crippen MR) is 76.8 cm³/mol. The van der Waals surface area contributed by atoms with Crippen LogP contribution in [0.15, 0.2) is 17.0 Å². The van der Waals surface area contributed by atoms with Crippen LogP contribution in [0.1, 0.15) is 12.8 Å². The number of benzene rings is 1. The Kier molecular flexibility index (Phi) is 4.40. The average molecular weight is 336 g/mol. The molecule has 0 saturated carbocycles. The minimum atomic E-state index is -4.02. The molecule has 21 heavy (non-hydrogen) atoms. The molecule has 1 fully saturated rings. The molecule has 0 aliphatic carbocycles. The van der Waals surface area contributed by atoms with Crippen molar-refractivity contribution in [3.8, 4) is 0 Å². The van der Waals surface area contributed by atoms with Crippen molar-refractivity contribution in [1.82, 2.24) is 9.62 Å². The Bertz CT molecular complexity index is 681. The lowest BCUT2D eigenvalue weighted by Crippen LogP contribution is -2.44. The number of amides is 1. The van der Waals surface area contributed by atoms with Crippen LogP contribution in [0.2, 0.25) is 5.02 Å². The second-order valence-electron chi connectivity index (χ2n) is 4.69. The Morgan fingerprint density at radius 2 is 2.19 bits per heavy atom. The lowest BCUT2D eigenvalue weighted by atomic mass is 10.2. The summed E-state index contributed by atoms with van der Waals surface area (Å²) in [4.78, 5) is 11.5. The summed E-state index contributed by atoms with van der Waals surface area (Å²) in [6.45, 7) is 0.202. The van der Waals surface area contributed by atoms with Gasteiger partial charge in [-0.2, -0.15) is 4.31 Å². The van der Waals surface area contributed by atoms with E-state index in [1.165, 1.54) is 7.05 Å². The molecule has 2 rings (SSSR count). The second-order valence-corrected chi connectivity index (χ2v) is 6.96. The topological polar surface area (TPSA) is 92.5 Å². The molecule has 0 aromatic heterocycles. The molecule has 1 saturated heterocycles. The number of carbonyl (C=O) groups is 1. The Morgan fingerprint density at radius 3 is 2.81 bits per heavy atom. The van der Waals surface area contributed by atoms with Gasteiger partial charge in [0, 0.05) is 13.6 Å². The van der Waals surface area contributed by atoms with Gasteiger partial charge in [-0.25, -0.2) is 12.8 Å². The van der Waals surface area contributed by atoms with Crippen molar-refractivity contribution in [1.29, 1.82) is 0 Å². The quantitative estimate of drug-likeness (QED) is 0.805. The largest absolute Gasteiger partial charge is 0.396 e. The number of sulfonamides is 1. The Morgan fingerprint density at radius 1 is 1.52 bits per heavy atom. The molecule has 1 aromatic rings. The smallest absolute Gasteiger partial charge is 0.245 e. The van der Waals surface area contributed by atoms with Crippen molar-refractivity contribution in [2.24, 2.45) is 0 Å². The maximum Gasteiger partial charge on any atom is 0.245 e. The minimum Gasteiger partial charge on any atom is -0.396 e. The van der Waals surface area contributed by atoms with Crippen molar-refractivity contribution in [2.75, 3.05) is 19.3 Å². The Balaban J connectivity index is 2.47. The first-order chi connectivity index (χ1) is 9.78. The fourth-order valence-corrected chi connectivity index (χ4v) is 4.51. The van der Waals surface area contributed by atoms with Crippen LogP contribution < -0.4 is 11.1 Å². The number of hydrogen-bond acceptors (Lipinski definition) is 4. The van der Waals surface area contributed by atoms with E-state index in [1.54, 1.807) is 0 Å². The van der Waals surface area contributed by atoms with Gasteiger partial charge in [-0.3, -0.25) is 4.79 Å². The molecule has 1 atom stereocenters. The van der Waals surface area contributed by atoms with E-state index in [0.29, 0.717) is 12.8 Å². The zero-order valence-corrected chi connectivity index (χ0v) is 12.8. The van der Waals surface area contributed by atoms with Gasteiger partial charge in [-0.05, 0) is 25.0 Å². The molecule has 1 aliphatic heterocycles. The first-order valence-corrected chi connectivity index (χ1v) is 8.08. The predicted octanol–water partition coefficient (Wildman–Crippen LogP) is 0.960. The third kappa shape index (κ3) is 2.83. The highest BCUT2D eigenvalue weighted by Gasteiger charge is 2.40. The summed E-state index contributed by atoms with van der Waals surface area (Å²) in [7, 11) is -2.58. The third-order valence-corrected chi connectivity index (χ3v) is 5.76. The summed E-state index contributed by atoms with van der Waals surface area (Å²) >= 11 is 5.82. The van der Waals surface area contributed by atoms with Gasteiger partial charge in [0.25, 0.3) is 0 Å². The van der Waals surface area contributed by atoms with Crippen LogP contribution in [0, 0.1) is 5.82 Å². The van der Waals surface area contributed by atoms with E-state index >= 15 is 0 Å². The first-order valence-electron chi connectivity index (χ1n) is 6.27. The number of halogens is 2. The van der Waals surface area contributed by atoms with Gasteiger partial charge >= 0.3 is 0 Å². The Hall–Kier alpha value is -1.38. The molecule has 0 spiro atoms. The van der Waals surface area contributed by atoms with Gasteiger partial charge in [0.15, 0.2) is 0 Å². The maximum absolute atomic E-state index is 13.3.